The van der Waals surface area contributed by atoms with Crippen molar-refractivity contribution in [2.45, 2.75) is 72.0 Å². The van der Waals surface area contributed by atoms with Gasteiger partial charge in [0.05, 0.1) is 0 Å². The van der Waals surface area contributed by atoms with Crippen molar-refractivity contribution < 1.29 is 4.79 Å². The molecule has 1 saturated carbocycles. The molecule has 1 fully saturated rings. The summed E-state index contributed by atoms with van der Waals surface area (Å²) < 4.78 is 0.869. The zero-order valence-electron chi connectivity index (χ0n) is 18.8. The number of nitrogens with one attached hydrogen (secondary N) is 2. The predicted octanol–water partition coefficient (Wildman–Crippen LogP) is 4.09. The number of anilines is 1. The summed E-state index contributed by atoms with van der Waals surface area (Å²) >= 11 is 3.59. The Kier molecular flexibility index (Phi) is 7.59. The molecule has 0 saturated heterocycles. The van der Waals surface area contributed by atoms with E-state index in [1.807, 2.05) is 32.9 Å². The number of amides is 1. The Morgan fingerprint density at radius 2 is 1.87 bits per heavy atom. The van der Waals surface area contributed by atoms with Crippen LogP contribution in [-0.2, 0) is 6.54 Å². The van der Waals surface area contributed by atoms with Crippen molar-refractivity contribution in [3.05, 3.63) is 61.0 Å². The first-order valence-corrected chi connectivity index (χ1v) is 11.8. The highest BCUT2D eigenvalue weighted by molar-refractivity contribution is 9.10. The van der Waals surface area contributed by atoms with Crippen LogP contribution in [0.2, 0.25) is 0 Å². The van der Waals surface area contributed by atoms with Gasteiger partial charge in [0.15, 0.2) is 0 Å². The number of nitrogens with two attached hydrogens (primary N) is 1. The van der Waals surface area contributed by atoms with Crippen LogP contribution in [0.4, 0.5) is 5.69 Å². The molecule has 168 valence electrons. The normalized spacial score (nSPS) is 18.6. The molecule has 1 aromatic heterocycles. The van der Waals surface area contributed by atoms with Crippen LogP contribution in [0, 0.1) is 20.8 Å². The summed E-state index contributed by atoms with van der Waals surface area (Å²) in [6, 6.07) is 6.60. The van der Waals surface area contributed by atoms with E-state index < -0.39 is 0 Å². The number of hydrogen-bond acceptors (Lipinski definition) is 4. The molecule has 7 heteroatoms. The molecular formula is C24H33BrN4O2. The molecule has 1 aromatic carbocycles. The van der Waals surface area contributed by atoms with Crippen LogP contribution in [0.3, 0.4) is 0 Å². The second kappa shape index (κ2) is 10.0. The van der Waals surface area contributed by atoms with Crippen LogP contribution in [-0.4, -0.2) is 29.5 Å². The highest BCUT2D eigenvalue weighted by Gasteiger charge is 2.26. The molecule has 4 N–H and O–H groups in total. The van der Waals surface area contributed by atoms with Gasteiger partial charge in [0.2, 0.25) is 0 Å². The lowest BCUT2D eigenvalue weighted by Gasteiger charge is -2.38. The van der Waals surface area contributed by atoms with Crippen LogP contribution < -0.4 is 21.5 Å². The van der Waals surface area contributed by atoms with Gasteiger partial charge in [-0.05, 0) is 82.7 Å². The third-order valence-electron chi connectivity index (χ3n) is 6.34. The highest BCUT2D eigenvalue weighted by atomic mass is 79.9. The Morgan fingerprint density at radius 3 is 2.48 bits per heavy atom. The number of H-pyrrole nitrogens is 1. The van der Waals surface area contributed by atoms with Gasteiger partial charge in [-0.3, -0.25) is 9.59 Å². The van der Waals surface area contributed by atoms with Crippen LogP contribution in [0.15, 0.2) is 27.5 Å². The fourth-order valence-corrected chi connectivity index (χ4v) is 5.05. The maximum absolute atomic E-state index is 13.1. The van der Waals surface area contributed by atoms with Crippen molar-refractivity contribution in [2.24, 2.45) is 5.73 Å². The van der Waals surface area contributed by atoms with E-state index in [4.69, 9.17) is 5.73 Å². The Bertz CT molecular complexity index is 1010. The van der Waals surface area contributed by atoms with E-state index in [1.165, 1.54) is 0 Å². The molecule has 1 heterocycles. The first-order chi connectivity index (χ1) is 14.7. The average Bonchev–Trinajstić information content (AvgIpc) is 2.71. The van der Waals surface area contributed by atoms with Crippen molar-refractivity contribution >= 4 is 27.5 Å². The van der Waals surface area contributed by atoms with Crippen molar-refractivity contribution in [2.75, 3.05) is 11.4 Å². The number of pyridine rings is 1. The van der Waals surface area contributed by atoms with Gasteiger partial charge >= 0.3 is 0 Å². The number of nitrogens with zero attached hydrogens (tertiary/aromatic N) is 1. The lowest BCUT2D eigenvalue weighted by atomic mass is 9.90. The molecule has 1 aliphatic rings. The zero-order valence-corrected chi connectivity index (χ0v) is 20.4. The van der Waals surface area contributed by atoms with E-state index in [2.05, 4.69) is 44.1 Å². The number of halogens is 1. The predicted molar refractivity (Wildman–Crippen MR) is 130 cm³/mol. The molecule has 0 atom stereocenters. The number of aryl methyl sites for hydroxylation is 2. The summed E-state index contributed by atoms with van der Waals surface area (Å²) in [6.07, 6.45) is 4.20. The number of carbonyl (C=O) groups excluding carboxylic acids is 1. The quantitative estimate of drug-likeness (QED) is 0.570. The molecule has 0 spiro atoms. The van der Waals surface area contributed by atoms with Gasteiger partial charge in [-0.1, -0.05) is 15.9 Å². The Balaban J connectivity index is 1.84. The maximum Gasteiger partial charge on any atom is 0.253 e. The molecular weight excluding hydrogens is 456 g/mol. The number of aromatic nitrogens is 1. The number of benzene rings is 1. The van der Waals surface area contributed by atoms with E-state index in [0.717, 1.165) is 59.2 Å². The SMILES string of the molecule is CCN(c1cc(Br)cc(C(=O)NCc2c(C)cc(C)[nH]c2=O)c1C)[C@H]1CC[C@@H](N)CC1. The topological polar surface area (TPSA) is 91.2 Å². The Labute approximate surface area is 192 Å². The standard InChI is InChI=1S/C24H33BrN4O2/c1-5-29(19-8-6-18(26)7-9-19)22-12-17(25)11-20(16(22)4)23(30)27-13-21-14(2)10-15(3)28-24(21)31/h10-12,18-19H,5-9,13,26H2,1-4H3,(H,27,30)(H,28,31)/t18-,19+. The number of aromatic amines is 1. The van der Waals surface area contributed by atoms with E-state index >= 15 is 0 Å². The molecule has 3 rings (SSSR count). The van der Waals surface area contributed by atoms with Gasteiger partial charge in [-0.25, -0.2) is 0 Å². The fraction of sp³-hybridized carbons (Fsp3) is 0.500. The second-order valence-electron chi connectivity index (χ2n) is 8.58. The van der Waals surface area contributed by atoms with Crippen molar-refractivity contribution in [1.82, 2.24) is 10.3 Å². The van der Waals surface area contributed by atoms with Crippen LogP contribution in [0.1, 0.15) is 65.3 Å². The van der Waals surface area contributed by atoms with E-state index in [9.17, 15) is 9.59 Å². The molecule has 0 aliphatic heterocycles. The summed E-state index contributed by atoms with van der Waals surface area (Å²) in [5, 5.41) is 2.94. The van der Waals surface area contributed by atoms with Gasteiger partial charge in [0.1, 0.15) is 0 Å². The molecule has 1 amide bonds. The number of rotatable bonds is 6. The van der Waals surface area contributed by atoms with Crippen molar-refractivity contribution in [1.29, 1.82) is 0 Å². The molecule has 0 bridgehead atoms. The maximum atomic E-state index is 13.1. The number of carbonyl (C=O) groups is 1. The van der Waals surface area contributed by atoms with Gasteiger partial charge in [0, 0.05) is 52.2 Å². The lowest BCUT2D eigenvalue weighted by Crippen LogP contribution is -2.41. The van der Waals surface area contributed by atoms with Crippen LogP contribution in [0.25, 0.3) is 0 Å². The third kappa shape index (κ3) is 5.39. The Morgan fingerprint density at radius 1 is 1.19 bits per heavy atom. The third-order valence-corrected chi connectivity index (χ3v) is 6.80. The summed E-state index contributed by atoms with van der Waals surface area (Å²) in [5.74, 6) is -0.179. The monoisotopic (exact) mass is 488 g/mol. The Hall–Kier alpha value is -2.12. The molecule has 0 unspecified atom stereocenters. The highest BCUT2D eigenvalue weighted by Crippen LogP contribution is 2.33. The van der Waals surface area contributed by atoms with Crippen LogP contribution in [0.5, 0.6) is 0 Å². The average molecular weight is 489 g/mol. The first kappa shape index (κ1) is 23.5. The van der Waals surface area contributed by atoms with E-state index in [1.54, 1.807) is 0 Å². The largest absolute Gasteiger partial charge is 0.369 e. The van der Waals surface area contributed by atoms with Crippen molar-refractivity contribution in [3.8, 4) is 0 Å². The summed E-state index contributed by atoms with van der Waals surface area (Å²) in [6.45, 7) is 8.96. The summed E-state index contributed by atoms with van der Waals surface area (Å²) in [5.41, 5.74) is 10.9. The van der Waals surface area contributed by atoms with Gasteiger partial charge in [-0.15, -0.1) is 0 Å². The zero-order chi connectivity index (χ0) is 22.7. The first-order valence-electron chi connectivity index (χ1n) is 11.0. The van der Waals surface area contributed by atoms with Gasteiger partial charge in [0.25, 0.3) is 11.5 Å². The molecule has 2 aromatic rings. The second-order valence-corrected chi connectivity index (χ2v) is 9.49. The minimum atomic E-state index is -0.179. The lowest BCUT2D eigenvalue weighted by molar-refractivity contribution is 0.0950. The summed E-state index contributed by atoms with van der Waals surface area (Å²) in [4.78, 5) is 30.6. The van der Waals surface area contributed by atoms with Crippen molar-refractivity contribution in [3.63, 3.8) is 0 Å². The molecule has 6 nitrogen and oxygen atoms in total. The van der Waals surface area contributed by atoms with E-state index in [-0.39, 0.29) is 18.0 Å². The minimum absolute atomic E-state index is 0.155. The summed E-state index contributed by atoms with van der Waals surface area (Å²) in [7, 11) is 0. The number of hydrogen-bond donors (Lipinski definition) is 3. The molecule has 1 aliphatic carbocycles. The van der Waals surface area contributed by atoms with E-state index in [0.29, 0.717) is 23.2 Å². The van der Waals surface area contributed by atoms with Crippen LogP contribution >= 0.6 is 15.9 Å². The fourth-order valence-electron chi connectivity index (χ4n) is 4.60. The minimum Gasteiger partial charge on any atom is -0.369 e. The van der Waals surface area contributed by atoms with Gasteiger partial charge < -0.3 is 20.9 Å². The smallest absolute Gasteiger partial charge is 0.253 e. The molecule has 0 radical (unpaired) electrons. The molecule has 31 heavy (non-hydrogen) atoms. The van der Waals surface area contributed by atoms with Gasteiger partial charge in [-0.2, -0.15) is 0 Å².